The fourth-order valence-electron chi connectivity index (χ4n) is 4.59. The van der Waals surface area contributed by atoms with Gasteiger partial charge in [-0.1, -0.05) is 36.4 Å². The summed E-state index contributed by atoms with van der Waals surface area (Å²) in [6, 6.07) is 14.4. The van der Waals surface area contributed by atoms with Crippen molar-refractivity contribution in [2.24, 2.45) is 0 Å². The molecule has 1 N–H and O–H groups in total. The smallest absolute Gasteiger partial charge is 0.255 e. The van der Waals surface area contributed by atoms with Gasteiger partial charge in [0.2, 0.25) is 0 Å². The van der Waals surface area contributed by atoms with Crippen molar-refractivity contribution in [1.29, 1.82) is 5.26 Å². The first-order chi connectivity index (χ1) is 14.2. The number of amides is 1. The normalized spacial score (nSPS) is 23.7. The molecule has 29 heavy (non-hydrogen) atoms. The molecule has 0 saturated carbocycles. The van der Waals surface area contributed by atoms with E-state index in [0.29, 0.717) is 0 Å². The Morgan fingerprint density at radius 3 is 2.72 bits per heavy atom. The molecule has 0 bridgehead atoms. The van der Waals surface area contributed by atoms with E-state index in [1.165, 1.54) is 41.2 Å². The molecular weight excluding hydrogens is 367 g/mol. The number of benzene rings is 2. The van der Waals surface area contributed by atoms with Gasteiger partial charge in [0.15, 0.2) is 0 Å². The quantitative estimate of drug-likeness (QED) is 0.848. The highest BCUT2D eigenvalue weighted by Gasteiger charge is 2.52. The molecule has 3 atom stereocenters. The van der Waals surface area contributed by atoms with Crippen molar-refractivity contribution in [2.45, 2.75) is 43.7 Å². The molecular formula is C24H23FN2O2. The SMILES string of the molecule is N#C[C@H]1[C@H](c2ccccc2C2=CCCCC2)[C@@H](CO)N1C(=O)c1cccc(F)c1. The van der Waals surface area contributed by atoms with Gasteiger partial charge in [0.05, 0.1) is 18.7 Å². The van der Waals surface area contributed by atoms with E-state index in [2.05, 4.69) is 18.2 Å². The molecule has 4 nitrogen and oxygen atoms in total. The molecule has 1 saturated heterocycles. The highest BCUT2D eigenvalue weighted by Crippen LogP contribution is 2.44. The standard InChI is InChI=1S/C24H23FN2O2/c25-18-10-6-9-17(13-18)24(29)27-21(14-26)23(22(27)15-28)20-12-5-4-11-19(20)16-7-2-1-3-8-16/h4-7,9-13,21-23,28H,1-3,8,15H2/t21-,22+,23-/m0/s1. The summed E-state index contributed by atoms with van der Waals surface area (Å²) in [4.78, 5) is 14.4. The third-order valence-corrected chi connectivity index (χ3v) is 5.99. The fraction of sp³-hybridized carbons (Fsp3) is 0.333. The Hall–Kier alpha value is -2.97. The molecule has 0 spiro atoms. The van der Waals surface area contributed by atoms with Crippen molar-refractivity contribution in [3.63, 3.8) is 0 Å². The van der Waals surface area contributed by atoms with Gasteiger partial charge in [-0.05, 0) is 60.6 Å². The predicted octanol–water partition coefficient (Wildman–Crippen LogP) is 4.28. The van der Waals surface area contributed by atoms with Crippen LogP contribution in [0.4, 0.5) is 4.39 Å². The summed E-state index contributed by atoms with van der Waals surface area (Å²) >= 11 is 0. The Morgan fingerprint density at radius 2 is 2.03 bits per heavy atom. The predicted molar refractivity (Wildman–Crippen MR) is 108 cm³/mol. The maximum atomic E-state index is 13.6. The summed E-state index contributed by atoms with van der Waals surface area (Å²) in [6.45, 7) is -0.253. The molecule has 1 heterocycles. The second-order valence-corrected chi connectivity index (χ2v) is 7.63. The topological polar surface area (TPSA) is 64.3 Å². The van der Waals surface area contributed by atoms with Crippen molar-refractivity contribution in [1.82, 2.24) is 4.90 Å². The summed E-state index contributed by atoms with van der Waals surface area (Å²) in [5.41, 5.74) is 3.56. The number of hydrogen-bond acceptors (Lipinski definition) is 3. The van der Waals surface area contributed by atoms with Crippen molar-refractivity contribution in [2.75, 3.05) is 6.61 Å². The van der Waals surface area contributed by atoms with E-state index in [9.17, 15) is 19.6 Å². The highest BCUT2D eigenvalue weighted by atomic mass is 19.1. The van der Waals surface area contributed by atoms with Gasteiger partial charge in [0.25, 0.3) is 5.91 Å². The summed E-state index contributed by atoms with van der Waals surface area (Å²) in [5.74, 6) is -1.21. The molecule has 2 aliphatic rings. The van der Waals surface area contributed by atoms with Crippen LogP contribution in [0.15, 0.2) is 54.6 Å². The number of hydrogen-bond donors (Lipinski definition) is 1. The van der Waals surface area contributed by atoms with Gasteiger partial charge in [-0.3, -0.25) is 4.79 Å². The number of carbonyl (C=O) groups excluding carboxylic acids is 1. The number of nitrogens with zero attached hydrogens (tertiary/aromatic N) is 2. The number of nitriles is 1. The van der Waals surface area contributed by atoms with Crippen LogP contribution in [0.3, 0.4) is 0 Å². The molecule has 1 aliphatic heterocycles. The molecule has 5 heteroatoms. The highest BCUT2D eigenvalue weighted by molar-refractivity contribution is 5.96. The van der Waals surface area contributed by atoms with Crippen molar-refractivity contribution in [3.8, 4) is 6.07 Å². The molecule has 2 aromatic rings. The van der Waals surface area contributed by atoms with Crippen LogP contribution in [-0.2, 0) is 0 Å². The van der Waals surface area contributed by atoms with Crippen LogP contribution in [-0.4, -0.2) is 34.6 Å². The number of halogens is 1. The Labute approximate surface area is 169 Å². The van der Waals surface area contributed by atoms with Gasteiger partial charge >= 0.3 is 0 Å². The van der Waals surface area contributed by atoms with Crippen LogP contribution in [0.2, 0.25) is 0 Å². The van der Waals surface area contributed by atoms with Crippen LogP contribution in [0.1, 0.15) is 53.1 Å². The molecule has 0 radical (unpaired) electrons. The summed E-state index contributed by atoms with van der Waals surface area (Å²) < 4.78 is 13.6. The zero-order chi connectivity index (χ0) is 20.4. The lowest BCUT2D eigenvalue weighted by Crippen LogP contribution is -2.65. The molecule has 0 aromatic heterocycles. The van der Waals surface area contributed by atoms with E-state index in [4.69, 9.17) is 0 Å². The molecule has 0 unspecified atom stereocenters. The third-order valence-electron chi connectivity index (χ3n) is 5.99. The third kappa shape index (κ3) is 3.45. The summed E-state index contributed by atoms with van der Waals surface area (Å²) in [7, 11) is 0. The van der Waals surface area contributed by atoms with E-state index in [1.54, 1.807) is 0 Å². The van der Waals surface area contributed by atoms with Gasteiger partial charge in [-0.15, -0.1) is 0 Å². The maximum Gasteiger partial charge on any atom is 0.255 e. The van der Waals surface area contributed by atoms with E-state index < -0.39 is 23.8 Å². The van der Waals surface area contributed by atoms with Gasteiger partial charge in [-0.25, -0.2) is 4.39 Å². The zero-order valence-corrected chi connectivity index (χ0v) is 16.1. The van der Waals surface area contributed by atoms with Crippen LogP contribution < -0.4 is 0 Å². The van der Waals surface area contributed by atoms with E-state index in [0.717, 1.165) is 30.4 Å². The first-order valence-electron chi connectivity index (χ1n) is 10.0. The average molecular weight is 390 g/mol. The number of carbonyl (C=O) groups is 1. The number of aliphatic hydroxyl groups is 1. The minimum atomic E-state index is -0.701. The minimum absolute atomic E-state index is 0.186. The largest absolute Gasteiger partial charge is 0.394 e. The van der Waals surface area contributed by atoms with Crippen molar-refractivity contribution in [3.05, 3.63) is 77.1 Å². The molecule has 1 aliphatic carbocycles. The van der Waals surface area contributed by atoms with Gasteiger partial charge in [0.1, 0.15) is 11.9 Å². The Kier molecular flexibility index (Phi) is 5.46. The van der Waals surface area contributed by atoms with Gasteiger partial charge in [0, 0.05) is 11.5 Å². The maximum absolute atomic E-state index is 13.6. The van der Waals surface area contributed by atoms with E-state index in [-0.39, 0.29) is 18.1 Å². The van der Waals surface area contributed by atoms with Gasteiger partial charge < -0.3 is 10.0 Å². The summed E-state index contributed by atoms with van der Waals surface area (Å²) in [5, 5.41) is 19.9. The van der Waals surface area contributed by atoms with Crippen molar-refractivity contribution >= 4 is 11.5 Å². The fourth-order valence-corrected chi connectivity index (χ4v) is 4.59. The van der Waals surface area contributed by atoms with E-state index in [1.807, 2.05) is 18.2 Å². The number of aliphatic hydroxyl groups excluding tert-OH is 1. The van der Waals surface area contributed by atoms with Crippen LogP contribution >= 0.6 is 0 Å². The first kappa shape index (κ1) is 19.4. The lowest BCUT2D eigenvalue weighted by Gasteiger charge is -2.52. The van der Waals surface area contributed by atoms with Crippen LogP contribution in [0.25, 0.3) is 5.57 Å². The van der Waals surface area contributed by atoms with Crippen LogP contribution in [0.5, 0.6) is 0 Å². The summed E-state index contributed by atoms with van der Waals surface area (Å²) in [6.07, 6.45) is 6.62. The second kappa shape index (κ2) is 8.18. The minimum Gasteiger partial charge on any atom is -0.394 e. The number of allylic oxidation sites excluding steroid dienone is 2. The number of likely N-dealkylation sites (tertiary alicyclic amines) is 1. The van der Waals surface area contributed by atoms with Crippen LogP contribution in [0, 0.1) is 17.1 Å². The Bertz CT molecular complexity index is 994. The molecule has 1 fully saturated rings. The average Bonchev–Trinajstić information content (AvgIpc) is 2.74. The molecule has 1 amide bonds. The van der Waals surface area contributed by atoms with Crippen molar-refractivity contribution < 1.29 is 14.3 Å². The Morgan fingerprint density at radius 1 is 1.21 bits per heavy atom. The Balaban J connectivity index is 1.69. The monoisotopic (exact) mass is 390 g/mol. The lowest BCUT2D eigenvalue weighted by atomic mass is 9.72. The molecule has 4 rings (SSSR count). The number of rotatable bonds is 4. The lowest BCUT2D eigenvalue weighted by molar-refractivity contribution is -0.00595. The zero-order valence-electron chi connectivity index (χ0n) is 16.1. The second-order valence-electron chi connectivity index (χ2n) is 7.63. The first-order valence-corrected chi connectivity index (χ1v) is 10.0. The van der Waals surface area contributed by atoms with E-state index >= 15 is 0 Å². The van der Waals surface area contributed by atoms with Gasteiger partial charge in [-0.2, -0.15) is 5.26 Å². The molecule has 2 aromatic carbocycles. The molecule has 148 valence electrons.